The van der Waals surface area contributed by atoms with Gasteiger partial charge in [-0.1, -0.05) is 0 Å². The van der Waals surface area contributed by atoms with Gasteiger partial charge in [-0.05, 0) is 54.9 Å². The van der Waals surface area contributed by atoms with Crippen molar-refractivity contribution in [2.24, 2.45) is 11.8 Å². The van der Waals surface area contributed by atoms with E-state index in [-0.39, 0.29) is 61.0 Å². The van der Waals surface area contributed by atoms with Crippen LogP contribution >= 0.6 is 0 Å². The molecule has 0 bridgehead atoms. The van der Waals surface area contributed by atoms with Crippen molar-refractivity contribution in [2.45, 2.75) is 24.9 Å². The Balaban J connectivity index is 1.58. The molecule has 1 fully saturated rings. The number of rotatable bonds is 9. The molecule has 3 aliphatic rings. The molecule has 0 aromatic heterocycles. The molecule has 1 aliphatic carbocycles. The van der Waals surface area contributed by atoms with Crippen LogP contribution in [-0.4, -0.2) is 70.8 Å². The Kier molecular flexibility index (Phi) is 7.22. The summed E-state index contributed by atoms with van der Waals surface area (Å²) in [6, 6.07) is 6.76. The number of likely N-dealkylation sites (N-methyl/N-ethyl adjacent to an activating group) is 1. The fourth-order valence-electron chi connectivity index (χ4n) is 5.71. The fraction of sp³-hybridized carbons (Fsp3) is 0.481. The van der Waals surface area contributed by atoms with Crippen molar-refractivity contribution in [3.05, 3.63) is 41.0 Å². The van der Waals surface area contributed by atoms with Crippen LogP contribution in [0.15, 0.2) is 24.3 Å². The molecule has 5 rings (SSSR count). The van der Waals surface area contributed by atoms with Gasteiger partial charge in [-0.15, -0.1) is 0 Å². The zero-order valence-electron chi connectivity index (χ0n) is 21.8. The Hall–Kier alpha value is -3.70. The number of benzene rings is 2. The first-order valence-electron chi connectivity index (χ1n) is 12.6. The normalized spacial score (nSPS) is 23.7. The highest BCUT2D eigenvalue weighted by Crippen LogP contribution is 2.55. The number of nitrogens with one attached hydrogen (secondary N) is 3. The average Bonchev–Trinajstić information content (AvgIpc) is 3.53. The van der Waals surface area contributed by atoms with Crippen molar-refractivity contribution in [1.29, 1.82) is 0 Å². The monoisotopic (exact) mass is 527 g/mol. The Morgan fingerprint density at radius 1 is 1.08 bits per heavy atom. The van der Waals surface area contributed by atoms with Crippen LogP contribution in [0.1, 0.15) is 35.6 Å². The lowest BCUT2D eigenvalue weighted by molar-refractivity contribution is -0.141. The van der Waals surface area contributed by atoms with Gasteiger partial charge in [-0.25, -0.2) is 0 Å². The van der Waals surface area contributed by atoms with Gasteiger partial charge in [0.1, 0.15) is 0 Å². The first kappa shape index (κ1) is 25.9. The van der Waals surface area contributed by atoms with E-state index >= 15 is 0 Å². The predicted molar refractivity (Wildman–Crippen MR) is 136 cm³/mol. The topological polar surface area (TPSA) is 137 Å². The smallest absolute Gasteiger partial charge is 0.310 e. The van der Waals surface area contributed by atoms with E-state index in [0.717, 1.165) is 17.7 Å². The number of cyclic esters (lactones) is 1. The lowest BCUT2D eigenvalue weighted by Gasteiger charge is -2.39. The van der Waals surface area contributed by atoms with E-state index in [9.17, 15) is 14.7 Å². The number of carbonyl (C=O) groups is 2. The van der Waals surface area contributed by atoms with Gasteiger partial charge in [0.05, 0.1) is 39.3 Å². The number of phenolic OH excluding ortho intramolecular Hbond substituents is 1. The zero-order valence-corrected chi connectivity index (χ0v) is 21.8. The summed E-state index contributed by atoms with van der Waals surface area (Å²) >= 11 is 0. The van der Waals surface area contributed by atoms with E-state index in [2.05, 4.69) is 16.0 Å². The quantitative estimate of drug-likeness (QED) is 0.355. The van der Waals surface area contributed by atoms with Crippen LogP contribution in [0.25, 0.3) is 0 Å². The third-order valence-corrected chi connectivity index (χ3v) is 7.49. The highest BCUT2D eigenvalue weighted by Gasteiger charge is 2.53. The molecule has 204 valence electrons. The molecule has 2 aromatic carbocycles. The highest BCUT2D eigenvalue weighted by molar-refractivity contribution is 5.81. The van der Waals surface area contributed by atoms with Crippen LogP contribution in [0, 0.1) is 11.8 Å². The Morgan fingerprint density at radius 3 is 2.37 bits per heavy atom. The van der Waals surface area contributed by atoms with Crippen molar-refractivity contribution in [1.82, 2.24) is 16.0 Å². The van der Waals surface area contributed by atoms with Crippen molar-refractivity contribution in [3.63, 3.8) is 0 Å². The van der Waals surface area contributed by atoms with E-state index in [1.807, 2.05) is 26.1 Å². The first-order chi connectivity index (χ1) is 18.4. The molecule has 0 spiro atoms. The van der Waals surface area contributed by atoms with Crippen LogP contribution < -0.4 is 34.9 Å². The molecule has 0 radical (unpaired) electrons. The first-order valence-corrected chi connectivity index (χ1v) is 12.6. The maximum atomic E-state index is 13.2. The molecular formula is C27H33N3O8. The lowest BCUT2D eigenvalue weighted by atomic mass is 9.65. The van der Waals surface area contributed by atoms with Crippen LogP contribution in [0.5, 0.6) is 28.7 Å². The summed E-state index contributed by atoms with van der Waals surface area (Å²) in [5, 5.41) is 19.9. The van der Waals surface area contributed by atoms with Crippen molar-refractivity contribution in [2.75, 3.05) is 47.8 Å². The molecule has 5 atom stereocenters. The fourth-order valence-corrected chi connectivity index (χ4v) is 5.71. The minimum Gasteiger partial charge on any atom is -0.502 e. The summed E-state index contributed by atoms with van der Waals surface area (Å²) in [7, 11) is 4.76. The van der Waals surface area contributed by atoms with Gasteiger partial charge >= 0.3 is 5.97 Å². The SMILES string of the molecule is CNCC(C)NCC(=O)NC1c2cc3c(cc2[C@@H](c2cc(OC)c(O)c(OC)c2)C2C(=O)OCC12)OCO3. The van der Waals surface area contributed by atoms with E-state index in [1.54, 1.807) is 12.1 Å². The van der Waals surface area contributed by atoms with Crippen LogP contribution in [0.2, 0.25) is 0 Å². The minimum atomic E-state index is -0.594. The summed E-state index contributed by atoms with van der Waals surface area (Å²) in [4.78, 5) is 26.3. The van der Waals surface area contributed by atoms with Gasteiger partial charge in [0.2, 0.25) is 18.4 Å². The van der Waals surface area contributed by atoms with Gasteiger partial charge in [0, 0.05) is 24.4 Å². The van der Waals surface area contributed by atoms with Crippen molar-refractivity contribution in [3.8, 4) is 28.7 Å². The second-order valence-corrected chi connectivity index (χ2v) is 9.79. The number of phenols is 1. The number of hydrogen-bond acceptors (Lipinski definition) is 10. The number of ether oxygens (including phenoxy) is 5. The highest BCUT2D eigenvalue weighted by atomic mass is 16.7. The van der Waals surface area contributed by atoms with Gasteiger partial charge in [-0.2, -0.15) is 0 Å². The number of esters is 1. The Bertz CT molecular complexity index is 1210. The molecule has 2 heterocycles. The number of fused-ring (bicyclic) bond motifs is 3. The number of carbonyl (C=O) groups excluding carboxylic acids is 2. The summed E-state index contributed by atoms with van der Waals surface area (Å²) in [5.41, 5.74) is 2.32. The third kappa shape index (κ3) is 4.56. The second kappa shape index (κ2) is 10.6. The van der Waals surface area contributed by atoms with E-state index < -0.39 is 17.9 Å². The summed E-state index contributed by atoms with van der Waals surface area (Å²) in [5.74, 6) is -0.478. The van der Waals surface area contributed by atoms with Crippen molar-refractivity contribution >= 4 is 11.9 Å². The molecule has 4 unspecified atom stereocenters. The maximum absolute atomic E-state index is 13.2. The number of methoxy groups -OCH3 is 2. The Labute approximate surface area is 220 Å². The van der Waals surface area contributed by atoms with E-state index in [1.165, 1.54) is 14.2 Å². The van der Waals surface area contributed by atoms with E-state index in [0.29, 0.717) is 17.1 Å². The number of amides is 1. The third-order valence-electron chi connectivity index (χ3n) is 7.49. The molecule has 4 N–H and O–H groups in total. The van der Waals surface area contributed by atoms with Gasteiger partial charge in [0.25, 0.3) is 0 Å². The zero-order chi connectivity index (χ0) is 27.0. The molecule has 0 saturated carbocycles. The maximum Gasteiger partial charge on any atom is 0.310 e. The Morgan fingerprint density at radius 2 is 1.74 bits per heavy atom. The van der Waals surface area contributed by atoms with Crippen molar-refractivity contribution < 1.29 is 38.4 Å². The van der Waals surface area contributed by atoms with Gasteiger partial charge in [-0.3, -0.25) is 9.59 Å². The lowest BCUT2D eigenvalue weighted by Crippen LogP contribution is -2.47. The van der Waals surface area contributed by atoms with Crippen LogP contribution in [-0.2, 0) is 14.3 Å². The molecule has 11 heteroatoms. The van der Waals surface area contributed by atoms with Gasteiger partial charge < -0.3 is 44.7 Å². The molecule has 1 amide bonds. The molecule has 38 heavy (non-hydrogen) atoms. The summed E-state index contributed by atoms with van der Waals surface area (Å²) < 4.78 is 27.7. The van der Waals surface area contributed by atoms with E-state index in [4.69, 9.17) is 23.7 Å². The van der Waals surface area contributed by atoms with Gasteiger partial charge in [0.15, 0.2) is 23.0 Å². The largest absolute Gasteiger partial charge is 0.502 e. The second-order valence-electron chi connectivity index (χ2n) is 9.79. The molecule has 11 nitrogen and oxygen atoms in total. The number of hydrogen-bond donors (Lipinski definition) is 4. The average molecular weight is 528 g/mol. The molecule has 2 aliphatic heterocycles. The minimum absolute atomic E-state index is 0.0863. The van der Waals surface area contributed by atoms with Crippen LogP contribution in [0.4, 0.5) is 0 Å². The number of aromatic hydroxyl groups is 1. The summed E-state index contributed by atoms with van der Waals surface area (Å²) in [6.07, 6.45) is 0. The van der Waals surface area contributed by atoms with Crippen LogP contribution in [0.3, 0.4) is 0 Å². The molecule has 1 saturated heterocycles. The standard InChI is InChI=1S/C27H33N3O8/c1-13(9-28-2)29-10-22(31)30-25-16-8-19-18(37-12-38-19)7-15(16)23(24-17(25)11-36-27(24)33)14-5-20(34-3)26(32)21(6-14)35-4/h5-8,13,17,23-25,28-29,32H,9-12H2,1-4H3,(H,30,31)/t13?,17?,23-,24?,25?/m1/s1. The molecular weight excluding hydrogens is 494 g/mol. The summed E-state index contributed by atoms with van der Waals surface area (Å²) in [6.45, 7) is 3.08. The molecule has 2 aromatic rings. The predicted octanol–water partition coefficient (Wildman–Crippen LogP) is 1.43.